The van der Waals surface area contributed by atoms with Gasteiger partial charge in [-0.2, -0.15) is 0 Å². The van der Waals surface area contributed by atoms with Crippen molar-refractivity contribution in [3.05, 3.63) is 45.0 Å². The predicted molar refractivity (Wildman–Crippen MR) is 300 cm³/mol. The molecule has 3 aliphatic heterocycles. The van der Waals surface area contributed by atoms with Gasteiger partial charge in [-0.15, -0.1) is 0 Å². The molecule has 11 N–H and O–H groups in total. The molecule has 1 aromatic rings. The molecule has 5 aliphatic carbocycles. The smallest absolute Gasteiger partial charge is 0.317 e. The van der Waals surface area contributed by atoms with Gasteiger partial charge < -0.3 is 89.8 Å². The van der Waals surface area contributed by atoms with Crippen LogP contribution in [0.15, 0.2) is 35.9 Å². The molecule has 9 rings (SSSR count). The zero-order chi connectivity index (χ0) is 59.6. The van der Waals surface area contributed by atoms with E-state index < -0.39 is 145 Å². The SMILES string of the molecule is CC1O[C@@H](OC2C(O)[C@@H](NC(=O)CCCCCNC(=O)c3ccc(I)cc3)C(CO)O[C@H]2OC(=O)[C@]23CCC(C)(C)CC2C2=CCC4C5(C)CC[C@H](O)[C@](C)(C=O)[C@@H]5CC[C@]4(C)[C@]2(C)CC3O)C(O)C(O)[C@H]1O[C@@H]1OC[C@@H](O)C(O)C1O. The number of hydrogen-bond acceptors (Lipinski definition) is 19. The monoisotopic (exact) mass is 1270 g/mol. The van der Waals surface area contributed by atoms with E-state index >= 15 is 4.79 Å². The van der Waals surface area contributed by atoms with Crippen molar-refractivity contribution in [2.45, 2.75) is 230 Å². The summed E-state index contributed by atoms with van der Waals surface area (Å²) < 4.78 is 37.5. The highest BCUT2D eigenvalue weighted by Gasteiger charge is 2.72. The van der Waals surface area contributed by atoms with Crippen LogP contribution < -0.4 is 10.6 Å². The lowest BCUT2D eigenvalue weighted by Gasteiger charge is -2.71. The van der Waals surface area contributed by atoms with Crippen LogP contribution in [-0.4, -0.2) is 188 Å². The summed E-state index contributed by atoms with van der Waals surface area (Å²) in [6.45, 7) is 13.6. The van der Waals surface area contributed by atoms with Crippen molar-refractivity contribution in [3.63, 3.8) is 0 Å². The maximum Gasteiger partial charge on any atom is 0.317 e. The Labute approximate surface area is 493 Å². The molecule has 82 heavy (non-hydrogen) atoms. The van der Waals surface area contributed by atoms with Gasteiger partial charge in [-0.1, -0.05) is 59.6 Å². The Morgan fingerprint density at radius 1 is 0.756 bits per heavy atom. The third-order valence-corrected chi connectivity index (χ3v) is 22.4. The van der Waals surface area contributed by atoms with Crippen LogP contribution >= 0.6 is 22.6 Å². The third-order valence-electron chi connectivity index (χ3n) is 21.7. The standard InChI is InChI=1S/C60H89IN2O19/c1-30-48(80-51-46(73)43(70)35(66)28-77-51)45(72)47(74)52(78-30)81-49-44(71)42(63-41(69)11-9-8-10-24-62-50(75)31-12-14-32(61)15-13-31)36(27-64)79-53(49)82-54(76)60-23-22-55(2,3)25-34(60)33-16-17-38-56(4)20-19-39(67)57(5,29-65)37(56)18-21-58(38,6)59(33,7)26-40(60)68/h12-16,29-30,34-40,42-49,51-53,64,66-68,70-74H,8-11,17-28H2,1-7H3,(H,62,75)(H,63,69)/t30?,34?,35-,36?,37-,38?,39+,40?,42+,43?,44?,45?,46?,47?,48+,49?,51+,52+,53+,56?,57-,58+,59-,60-/m1/s1. The van der Waals surface area contributed by atoms with Gasteiger partial charge in [-0.25, -0.2) is 0 Å². The molecule has 7 fully saturated rings. The summed E-state index contributed by atoms with van der Waals surface area (Å²) in [5, 5.41) is 107. The van der Waals surface area contributed by atoms with Crippen LogP contribution in [0.1, 0.15) is 142 Å². The molecule has 460 valence electrons. The fourth-order valence-electron chi connectivity index (χ4n) is 16.6. The minimum absolute atomic E-state index is 0.0188. The first kappa shape index (κ1) is 63.7. The van der Waals surface area contributed by atoms with Crippen molar-refractivity contribution in [1.29, 1.82) is 0 Å². The van der Waals surface area contributed by atoms with Crippen LogP contribution in [0.4, 0.5) is 0 Å². The first-order chi connectivity index (χ1) is 38.6. The molecule has 3 saturated heterocycles. The maximum atomic E-state index is 15.7. The van der Waals surface area contributed by atoms with Crippen LogP contribution in [0, 0.1) is 53.8 Å². The summed E-state index contributed by atoms with van der Waals surface area (Å²) in [6.07, 6.45) is -13.8. The van der Waals surface area contributed by atoms with Gasteiger partial charge in [0.15, 0.2) is 18.7 Å². The van der Waals surface area contributed by atoms with Crippen molar-refractivity contribution >= 4 is 46.7 Å². The van der Waals surface area contributed by atoms with E-state index in [0.29, 0.717) is 63.5 Å². The highest BCUT2D eigenvalue weighted by atomic mass is 127. The molecule has 12 unspecified atom stereocenters. The molecule has 1 aromatic carbocycles. The highest BCUT2D eigenvalue weighted by Crippen LogP contribution is 2.76. The fraction of sp³-hybridized carbons (Fsp3) is 0.800. The number of aldehydes is 1. The number of fused-ring (bicyclic) bond motifs is 7. The number of aliphatic hydroxyl groups is 9. The number of aliphatic hydroxyl groups excluding tert-OH is 9. The Kier molecular flexibility index (Phi) is 19.0. The number of carbonyl (C=O) groups excluding carboxylic acids is 4. The average Bonchev–Trinajstić information content (AvgIpc) is 3.61. The van der Waals surface area contributed by atoms with E-state index in [1.54, 1.807) is 12.1 Å². The van der Waals surface area contributed by atoms with Gasteiger partial charge in [0.25, 0.3) is 5.91 Å². The molecule has 8 aliphatic rings. The first-order valence-electron chi connectivity index (χ1n) is 29.6. The van der Waals surface area contributed by atoms with Crippen LogP contribution in [0.5, 0.6) is 0 Å². The second-order valence-corrected chi connectivity index (χ2v) is 28.2. The Bertz CT molecular complexity index is 2510. The second-order valence-electron chi connectivity index (χ2n) is 26.9. The average molecular weight is 1270 g/mol. The molecule has 0 aromatic heterocycles. The van der Waals surface area contributed by atoms with Crippen molar-refractivity contribution in [2.24, 2.45) is 50.2 Å². The van der Waals surface area contributed by atoms with Crippen LogP contribution in [0.25, 0.3) is 0 Å². The fourth-order valence-corrected chi connectivity index (χ4v) is 16.9. The number of ether oxygens (including phenoxy) is 6. The van der Waals surface area contributed by atoms with Gasteiger partial charge in [0.1, 0.15) is 60.5 Å². The largest absolute Gasteiger partial charge is 0.432 e. The molecule has 4 saturated carbocycles. The number of unbranched alkanes of at least 4 members (excludes halogenated alkanes) is 2. The van der Waals surface area contributed by atoms with Gasteiger partial charge >= 0.3 is 5.97 Å². The zero-order valence-corrected chi connectivity index (χ0v) is 50.4. The maximum absolute atomic E-state index is 15.7. The van der Waals surface area contributed by atoms with Crippen molar-refractivity contribution in [3.8, 4) is 0 Å². The van der Waals surface area contributed by atoms with E-state index in [4.69, 9.17) is 28.4 Å². The summed E-state index contributed by atoms with van der Waals surface area (Å²) in [5.74, 6) is -2.06. The number of amides is 2. The number of halogens is 1. The Hall–Kier alpha value is -2.79. The van der Waals surface area contributed by atoms with Crippen molar-refractivity contribution < 1.29 is 93.6 Å². The second kappa shape index (κ2) is 24.4. The number of nitrogens with one attached hydrogen (secondary N) is 2. The number of carbonyl (C=O) groups is 4. The molecule has 3 heterocycles. The molecular formula is C60H89IN2O19. The number of esters is 1. The lowest BCUT2D eigenvalue weighted by molar-refractivity contribution is -0.370. The van der Waals surface area contributed by atoms with Gasteiger partial charge in [0.05, 0.1) is 43.0 Å². The Morgan fingerprint density at radius 2 is 1.45 bits per heavy atom. The Morgan fingerprint density at radius 3 is 2.15 bits per heavy atom. The molecule has 0 spiro atoms. The van der Waals surface area contributed by atoms with Crippen molar-refractivity contribution in [1.82, 2.24) is 10.6 Å². The molecule has 24 atom stereocenters. The topological polar surface area (TPSA) is 330 Å². The zero-order valence-electron chi connectivity index (χ0n) is 48.2. The first-order valence-corrected chi connectivity index (χ1v) is 30.7. The highest BCUT2D eigenvalue weighted by molar-refractivity contribution is 14.1. The molecular weight excluding hydrogens is 1180 g/mol. The number of rotatable bonds is 16. The van der Waals surface area contributed by atoms with E-state index in [0.717, 1.165) is 28.3 Å². The minimum Gasteiger partial charge on any atom is -0.432 e. The Balaban J connectivity index is 0.963. The van der Waals surface area contributed by atoms with E-state index in [1.165, 1.54) is 6.92 Å². The summed E-state index contributed by atoms with van der Waals surface area (Å²) in [7, 11) is 0. The van der Waals surface area contributed by atoms with E-state index in [9.17, 15) is 60.3 Å². The molecule has 21 nitrogen and oxygen atoms in total. The predicted octanol–water partition coefficient (Wildman–Crippen LogP) is 2.68. The normalized spacial score (nSPS) is 46.1. The lowest BCUT2D eigenvalue weighted by atomic mass is 9.33. The summed E-state index contributed by atoms with van der Waals surface area (Å²) in [5.41, 5.74) is -2.41. The van der Waals surface area contributed by atoms with Gasteiger partial charge in [-0.05, 0) is 164 Å². The summed E-state index contributed by atoms with van der Waals surface area (Å²) >= 11 is 2.16. The lowest BCUT2D eigenvalue weighted by Crippen LogP contribution is -2.69. The van der Waals surface area contributed by atoms with Crippen LogP contribution in [-0.2, 0) is 42.8 Å². The van der Waals surface area contributed by atoms with Crippen molar-refractivity contribution in [2.75, 3.05) is 19.8 Å². The number of hydrogen-bond donors (Lipinski definition) is 11. The van der Waals surface area contributed by atoms with Crippen LogP contribution in [0.3, 0.4) is 0 Å². The molecule has 22 heteroatoms. The van der Waals surface area contributed by atoms with E-state index in [2.05, 4.69) is 73.9 Å². The van der Waals surface area contributed by atoms with Gasteiger partial charge in [0.2, 0.25) is 12.2 Å². The quantitative estimate of drug-likeness (QED) is 0.0373. The number of allylic oxidation sites excluding steroid dienone is 2. The molecule has 0 radical (unpaired) electrons. The van der Waals surface area contributed by atoms with Gasteiger partial charge in [0, 0.05) is 22.1 Å². The van der Waals surface area contributed by atoms with E-state index in [-0.39, 0.29) is 53.3 Å². The van der Waals surface area contributed by atoms with Gasteiger partial charge in [-0.3, -0.25) is 14.4 Å². The molecule has 0 bridgehead atoms. The third kappa shape index (κ3) is 11.3. The summed E-state index contributed by atoms with van der Waals surface area (Å²) in [4.78, 5) is 54.8. The molecule has 2 amide bonds. The summed E-state index contributed by atoms with van der Waals surface area (Å²) in [6, 6.07) is 5.76. The van der Waals surface area contributed by atoms with E-state index in [1.807, 2.05) is 19.1 Å². The number of benzene rings is 1. The van der Waals surface area contributed by atoms with Crippen LogP contribution in [0.2, 0.25) is 0 Å². The minimum atomic E-state index is -1.96.